The molecular weight excluding hydrogens is 324 g/mol. The summed E-state index contributed by atoms with van der Waals surface area (Å²) in [5.74, 6) is 3.23. The second kappa shape index (κ2) is 6.04. The molecule has 0 bridgehead atoms. The number of ketones is 1. The number of carbonyl (C=O) groups is 1. The van der Waals surface area contributed by atoms with Gasteiger partial charge in [0.2, 0.25) is 0 Å². The molecule has 4 saturated carbocycles. The third-order valence-corrected chi connectivity index (χ3v) is 9.80. The van der Waals surface area contributed by atoms with Gasteiger partial charge in [0.1, 0.15) is 5.78 Å². The molecular formula is C23H38O3. The van der Waals surface area contributed by atoms with E-state index in [1.54, 1.807) is 6.92 Å². The standard InChI is InChI=1S/C23H38O3/c1-14(24)17-8-9-18-16-7-6-15-13-21(2,25)10-11-22(15,3)19(16)12-20(26-5)23(17,18)4/h15-20,25H,6-13H2,1-5H3/t15-,16+,17-,18+,19+,20-,21-,22+,23-/m1/s1. The molecule has 26 heavy (non-hydrogen) atoms. The zero-order valence-electron chi connectivity index (χ0n) is 17.4. The Morgan fingerprint density at radius 3 is 2.42 bits per heavy atom. The Morgan fingerprint density at radius 1 is 1.04 bits per heavy atom. The van der Waals surface area contributed by atoms with Crippen LogP contribution in [0.5, 0.6) is 0 Å². The van der Waals surface area contributed by atoms with E-state index in [2.05, 4.69) is 13.8 Å². The first-order chi connectivity index (χ1) is 12.1. The van der Waals surface area contributed by atoms with Crippen molar-refractivity contribution in [3.63, 3.8) is 0 Å². The zero-order valence-corrected chi connectivity index (χ0v) is 17.4. The molecule has 4 aliphatic carbocycles. The Kier molecular flexibility index (Phi) is 4.40. The third-order valence-electron chi connectivity index (χ3n) is 9.80. The molecule has 4 aliphatic rings. The highest BCUT2D eigenvalue weighted by atomic mass is 16.5. The molecule has 3 nitrogen and oxygen atoms in total. The van der Waals surface area contributed by atoms with Gasteiger partial charge in [-0.3, -0.25) is 4.79 Å². The second-order valence-electron chi connectivity index (χ2n) is 10.9. The number of fused-ring (bicyclic) bond motifs is 5. The van der Waals surface area contributed by atoms with Gasteiger partial charge in [0.25, 0.3) is 0 Å². The van der Waals surface area contributed by atoms with E-state index >= 15 is 0 Å². The summed E-state index contributed by atoms with van der Waals surface area (Å²) in [6.07, 6.45) is 9.11. The van der Waals surface area contributed by atoms with Crippen LogP contribution in [0.3, 0.4) is 0 Å². The summed E-state index contributed by atoms with van der Waals surface area (Å²) in [7, 11) is 1.86. The number of rotatable bonds is 2. The van der Waals surface area contributed by atoms with Gasteiger partial charge in [-0.05, 0) is 94.3 Å². The summed E-state index contributed by atoms with van der Waals surface area (Å²) in [5, 5.41) is 10.6. The molecule has 0 spiro atoms. The number of Topliss-reactive ketones (excluding diaryl/α,β-unsaturated/α-hetero) is 1. The molecule has 0 unspecified atom stereocenters. The highest BCUT2D eigenvalue weighted by molar-refractivity contribution is 5.79. The lowest BCUT2D eigenvalue weighted by Crippen LogP contribution is -2.60. The molecule has 3 heteroatoms. The first kappa shape index (κ1) is 18.9. The number of carbonyl (C=O) groups excluding carboxylic acids is 1. The van der Waals surface area contributed by atoms with E-state index in [-0.39, 0.29) is 17.4 Å². The van der Waals surface area contributed by atoms with Gasteiger partial charge in [0, 0.05) is 18.4 Å². The summed E-state index contributed by atoms with van der Waals surface area (Å²) in [4.78, 5) is 12.4. The molecule has 1 N–H and O–H groups in total. The summed E-state index contributed by atoms with van der Waals surface area (Å²) in [6.45, 7) is 8.69. The first-order valence-corrected chi connectivity index (χ1v) is 10.9. The van der Waals surface area contributed by atoms with Gasteiger partial charge in [0.15, 0.2) is 0 Å². The molecule has 9 atom stereocenters. The minimum absolute atomic E-state index is 0.0190. The van der Waals surface area contributed by atoms with Crippen molar-refractivity contribution >= 4 is 5.78 Å². The smallest absolute Gasteiger partial charge is 0.133 e. The molecule has 148 valence electrons. The monoisotopic (exact) mass is 362 g/mol. The Labute approximate surface area is 159 Å². The van der Waals surface area contributed by atoms with Crippen LogP contribution in [0.15, 0.2) is 0 Å². The fourth-order valence-corrected chi connectivity index (χ4v) is 8.38. The predicted molar refractivity (Wildman–Crippen MR) is 103 cm³/mol. The van der Waals surface area contributed by atoms with Crippen LogP contribution in [0.4, 0.5) is 0 Å². The Bertz CT molecular complexity index is 584. The van der Waals surface area contributed by atoms with E-state index in [1.165, 1.54) is 19.3 Å². The summed E-state index contributed by atoms with van der Waals surface area (Å²) < 4.78 is 6.10. The predicted octanol–water partition coefficient (Wildman–Crippen LogP) is 4.61. The Balaban J connectivity index is 1.68. The molecule has 0 amide bonds. The Hall–Kier alpha value is -0.410. The quantitative estimate of drug-likeness (QED) is 0.780. The van der Waals surface area contributed by atoms with E-state index in [1.807, 2.05) is 14.0 Å². The molecule has 0 aliphatic heterocycles. The highest BCUT2D eigenvalue weighted by Gasteiger charge is 2.64. The minimum Gasteiger partial charge on any atom is -0.390 e. The lowest BCUT2D eigenvalue weighted by molar-refractivity contribution is -0.188. The van der Waals surface area contributed by atoms with Crippen molar-refractivity contribution in [1.82, 2.24) is 0 Å². The van der Waals surface area contributed by atoms with Crippen LogP contribution < -0.4 is 0 Å². The third kappa shape index (κ3) is 2.49. The van der Waals surface area contributed by atoms with Crippen molar-refractivity contribution in [2.24, 2.45) is 40.4 Å². The van der Waals surface area contributed by atoms with Gasteiger partial charge in [-0.2, -0.15) is 0 Å². The summed E-state index contributed by atoms with van der Waals surface area (Å²) in [5.41, 5.74) is -0.128. The van der Waals surface area contributed by atoms with E-state index in [0.717, 1.165) is 38.0 Å². The highest BCUT2D eigenvalue weighted by Crippen LogP contribution is 2.68. The topological polar surface area (TPSA) is 46.5 Å². The summed E-state index contributed by atoms with van der Waals surface area (Å²) in [6, 6.07) is 0. The van der Waals surface area contributed by atoms with E-state index in [0.29, 0.717) is 29.0 Å². The van der Waals surface area contributed by atoms with E-state index < -0.39 is 5.60 Å². The molecule has 4 rings (SSSR count). The van der Waals surface area contributed by atoms with Crippen molar-refractivity contribution in [1.29, 1.82) is 0 Å². The van der Waals surface area contributed by atoms with Crippen LogP contribution in [0, 0.1) is 40.4 Å². The molecule has 0 aromatic heterocycles. The maximum atomic E-state index is 12.4. The SMILES string of the molecule is CO[C@@H]1C[C@H]2[C@@H](CC[C@@H]3C[C@](C)(O)CC[C@@]32C)[C@@H]2CC[C@H](C(C)=O)[C@@]12C. The van der Waals surface area contributed by atoms with Crippen molar-refractivity contribution in [3.8, 4) is 0 Å². The molecule has 4 fully saturated rings. The average molecular weight is 363 g/mol. The Morgan fingerprint density at radius 2 is 1.77 bits per heavy atom. The number of hydrogen-bond donors (Lipinski definition) is 1. The van der Waals surface area contributed by atoms with Crippen LogP contribution in [0.1, 0.15) is 79.1 Å². The first-order valence-electron chi connectivity index (χ1n) is 10.9. The van der Waals surface area contributed by atoms with Crippen molar-refractivity contribution in [2.45, 2.75) is 90.8 Å². The average Bonchev–Trinajstić information content (AvgIpc) is 2.93. The number of ether oxygens (including phenoxy) is 1. The van der Waals surface area contributed by atoms with Crippen molar-refractivity contribution in [2.75, 3.05) is 7.11 Å². The second-order valence-corrected chi connectivity index (χ2v) is 10.9. The van der Waals surface area contributed by atoms with Crippen LogP contribution in [-0.4, -0.2) is 29.7 Å². The van der Waals surface area contributed by atoms with Crippen LogP contribution in [0.25, 0.3) is 0 Å². The number of methoxy groups -OCH3 is 1. The van der Waals surface area contributed by atoms with Gasteiger partial charge < -0.3 is 9.84 Å². The van der Waals surface area contributed by atoms with Gasteiger partial charge in [-0.25, -0.2) is 0 Å². The van der Waals surface area contributed by atoms with E-state index in [9.17, 15) is 9.90 Å². The fraction of sp³-hybridized carbons (Fsp3) is 0.957. The van der Waals surface area contributed by atoms with Gasteiger partial charge in [0.05, 0.1) is 11.7 Å². The van der Waals surface area contributed by atoms with Crippen molar-refractivity contribution in [3.05, 3.63) is 0 Å². The molecule has 0 heterocycles. The van der Waals surface area contributed by atoms with Crippen molar-refractivity contribution < 1.29 is 14.6 Å². The summed E-state index contributed by atoms with van der Waals surface area (Å²) >= 11 is 0. The zero-order chi connectivity index (χ0) is 18.9. The molecule has 0 aromatic carbocycles. The number of aliphatic hydroxyl groups is 1. The van der Waals surface area contributed by atoms with Crippen LogP contribution in [-0.2, 0) is 9.53 Å². The largest absolute Gasteiger partial charge is 0.390 e. The maximum absolute atomic E-state index is 12.4. The molecule has 0 saturated heterocycles. The molecule has 0 aromatic rings. The number of hydrogen-bond acceptors (Lipinski definition) is 3. The molecule has 0 radical (unpaired) electrons. The van der Waals surface area contributed by atoms with Gasteiger partial charge in [-0.1, -0.05) is 13.8 Å². The van der Waals surface area contributed by atoms with E-state index in [4.69, 9.17) is 4.74 Å². The van der Waals surface area contributed by atoms with Gasteiger partial charge in [-0.15, -0.1) is 0 Å². The van der Waals surface area contributed by atoms with Crippen LogP contribution >= 0.6 is 0 Å². The van der Waals surface area contributed by atoms with Crippen LogP contribution in [0.2, 0.25) is 0 Å². The van der Waals surface area contributed by atoms with Gasteiger partial charge >= 0.3 is 0 Å². The normalized spacial score (nSPS) is 56.4. The lowest BCUT2D eigenvalue weighted by atomic mass is 9.43. The lowest BCUT2D eigenvalue weighted by Gasteiger charge is -2.63. The maximum Gasteiger partial charge on any atom is 0.133 e. The minimum atomic E-state index is -0.478. The fourth-order valence-electron chi connectivity index (χ4n) is 8.38.